The second-order valence-corrected chi connectivity index (χ2v) is 7.53. The molecule has 6 heteroatoms. The van der Waals surface area contributed by atoms with Gasteiger partial charge in [-0.05, 0) is 30.3 Å². The van der Waals surface area contributed by atoms with E-state index in [1.54, 1.807) is 18.3 Å². The van der Waals surface area contributed by atoms with E-state index in [1.165, 1.54) is 11.8 Å². The molecule has 136 valence electrons. The summed E-state index contributed by atoms with van der Waals surface area (Å²) >= 11 is 7.64. The Kier molecular flexibility index (Phi) is 5.32. The number of hydrogen-bond donors (Lipinski definition) is 1. The average molecular weight is 397 g/mol. The predicted octanol–water partition coefficient (Wildman–Crippen LogP) is 5.14. The van der Waals surface area contributed by atoms with Crippen molar-refractivity contribution in [3.63, 3.8) is 0 Å². The molecule has 3 aromatic rings. The van der Waals surface area contributed by atoms with Gasteiger partial charge in [0.2, 0.25) is 0 Å². The highest BCUT2D eigenvalue weighted by molar-refractivity contribution is 7.99. The molecule has 1 aliphatic heterocycles. The highest BCUT2D eigenvalue weighted by Gasteiger charge is 2.24. The van der Waals surface area contributed by atoms with Crippen molar-refractivity contribution in [2.75, 3.05) is 6.61 Å². The lowest BCUT2D eigenvalue weighted by atomic mass is 10.0. The van der Waals surface area contributed by atoms with E-state index < -0.39 is 0 Å². The van der Waals surface area contributed by atoms with Gasteiger partial charge in [-0.25, -0.2) is 4.98 Å². The van der Waals surface area contributed by atoms with Crippen molar-refractivity contribution in [1.29, 1.82) is 0 Å². The average Bonchev–Trinajstić information content (AvgIpc) is 2.70. The first kappa shape index (κ1) is 17.9. The summed E-state index contributed by atoms with van der Waals surface area (Å²) in [5.41, 5.74) is 1.53. The normalized spacial score (nSPS) is 15.5. The molecular weight excluding hydrogens is 380 g/mol. The fourth-order valence-corrected chi connectivity index (χ4v) is 4.16. The molecule has 0 spiro atoms. The molecule has 0 fully saturated rings. The molecule has 4 nitrogen and oxygen atoms in total. The van der Waals surface area contributed by atoms with Crippen LogP contribution in [0.5, 0.6) is 5.75 Å². The quantitative estimate of drug-likeness (QED) is 0.663. The van der Waals surface area contributed by atoms with Gasteiger partial charge in [0.1, 0.15) is 10.8 Å². The number of benzene rings is 2. The van der Waals surface area contributed by atoms with Gasteiger partial charge in [-0.1, -0.05) is 53.7 Å². The molecule has 1 amide bonds. The Morgan fingerprint density at radius 3 is 2.81 bits per heavy atom. The van der Waals surface area contributed by atoms with Crippen LogP contribution in [0.2, 0.25) is 5.02 Å². The minimum Gasteiger partial charge on any atom is -0.493 e. The molecule has 2 heterocycles. The van der Waals surface area contributed by atoms with Gasteiger partial charge in [-0.2, -0.15) is 0 Å². The number of fused-ring (bicyclic) bond motifs is 1. The number of aromatic nitrogens is 1. The Morgan fingerprint density at radius 1 is 1.11 bits per heavy atom. The SMILES string of the molecule is O=C(N[C@@H]1CCOc2ccccc21)c1cccnc1Sc1ccccc1Cl. The van der Waals surface area contributed by atoms with Gasteiger partial charge in [0, 0.05) is 23.1 Å². The van der Waals surface area contributed by atoms with Crippen molar-refractivity contribution >= 4 is 29.3 Å². The zero-order valence-electron chi connectivity index (χ0n) is 14.4. The van der Waals surface area contributed by atoms with E-state index in [-0.39, 0.29) is 11.9 Å². The van der Waals surface area contributed by atoms with Gasteiger partial charge in [-0.3, -0.25) is 4.79 Å². The highest BCUT2D eigenvalue weighted by Crippen LogP contribution is 2.35. The largest absolute Gasteiger partial charge is 0.493 e. The van der Waals surface area contributed by atoms with Crippen LogP contribution in [0.1, 0.15) is 28.4 Å². The van der Waals surface area contributed by atoms with Gasteiger partial charge in [0.15, 0.2) is 0 Å². The lowest BCUT2D eigenvalue weighted by Gasteiger charge is -2.26. The number of rotatable bonds is 4. The number of amides is 1. The summed E-state index contributed by atoms with van der Waals surface area (Å²) in [5.74, 6) is 0.672. The Morgan fingerprint density at radius 2 is 1.93 bits per heavy atom. The van der Waals surface area contributed by atoms with E-state index in [2.05, 4.69) is 10.3 Å². The summed E-state index contributed by atoms with van der Waals surface area (Å²) in [6.07, 6.45) is 2.41. The molecular formula is C21H17ClN2O2S. The number of ether oxygens (including phenoxy) is 1. The maximum Gasteiger partial charge on any atom is 0.254 e. The zero-order valence-corrected chi connectivity index (χ0v) is 16.0. The third-order valence-electron chi connectivity index (χ3n) is 4.32. The maximum atomic E-state index is 13.0. The molecule has 1 atom stereocenters. The van der Waals surface area contributed by atoms with Crippen LogP contribution in [0, 0.1) is 0 Å². The van der Waals surface area contributed by atoms with Gasteiger partial charge in [0.25, 0.3) is 5.91 Å². The molecule has 0 aliphatic carbocycles. The lowest BCUT2D eigenvalue weighted by Crippen LogP contribution is -2.32. The van der Waals surface area contributed by atoms with Gasteiger partial charge >= 0.3 is 0 Å². The molecule has 27 heavy (non-hydrogen) atoms. The van der Waals surface area contributed by atoms with Gasteiger partial charge in [0.05, 0.1) is 23.2 Å². The van der Waals surface area contributed by atoms with Crippen molar-refractivity contribution in [2.24, 2.45) is 0 Å². The summed E-state index contributed by atoms with van der Waals surface area (Å²) in [6.45, 7) is 0.580. The smallest absolute Gasteiger partial charge is 0.254 e. The molecule has 4 rings (SSSR count). The molecule has 1 N–H and O–H groups in total. The second-order valence-electron chi connectivity index (χ2n) is 6.09. The van der Waals surface area contributed by atoms with Crippen molar-refractivity contribution in [3.05, 3.63) is 83.0 Å². The Bertz CT molecular complexity index is 980. The standard InChI is InChI=1S/C21H17ClN2O2S/c22-16-8-2-4-10-19(16)27-21-15(7-5-12-23-21)20(25)24-17-11-13-26-18-9-3-1-6-14(17)18/h1-10,12,17H,11,13H2,(H,24,25)/t17-/m1/s1. The highest BCUT2D eigenvalue weighted by atomic mass is 35.5. The first-order valence-electron chi connectivity index (χ1n) is 8.62. The molecule has 0 saturated carbocycles. The van der Waals surface area contributed by atoms with Crippen LogP contribution in [-0.4, -0.2) is 17.5 Å². The predicted molar refractivity (Wildman–Crippen MR) is 107 cm³/mol. The number of pyridine rings is 1. The van der Waals surface area contributed by atoms with E-state index in [9.17, 15) is 4.79 Å². The summed E-state index contributed by atoms with van der Waals surface area (Å²) in [5, 5.41) is 4.39. The van der Waals surface area contributed by atoms with Crippen LogP contribution >= 0.6 is 23.4 Å². The summed E-state index contributed by atoms with van der Waals surface area (Å²) in [6, 6.07) is 18.8. The Balaban J connectivity index is 1.58. The summed E-state index contributed by atoms with van der Waals surface area (Å²) in [7, 11) is 0. The molecule has 0 radical (unpaired) electrons. The van der Waals surface area contributed by atoms with Crippen molar-refractivity contribution in [1.82, 2.24) is 10.3 Å². The molecule has 0 bridgehead atoms. The van der Waals surface area contributed by atoms with E-state index in [4.69, 9.17) is 16.3 Å². The maximum absolute atomic E-state index is 13.0. The third kappa shape index (κ3) is 3.94. The molecule has 0 unspecified atom stereocenters. The number of hydrogen-bond acceptors (Lipinski definition) is 4. The monoisotopic (exact) mass is 396 g/mol. The first-order valence-corrected chi connectivity index (χ1v) is 9.82. The fraction of sp³-hybridized carbons (Fsp3) is 0.143. The molecule has 2 aromatic carbocycles. The Hall–Kier alpha value is -2.50. The molecule has 1 aliphatic rings. The van der Waals surface area contributed by atoms with Crippen LogP contribution in [0.3, 0.4) is 0 Å². The number of carbonyl (C=O) groups is 1. The van der Waals surface area contributed by atoms with Crippen LogP contribution in [0.25, 0.3) is 0 Å². The Labute approximate surface area is 166 Å². The van der Waals surface area contributed by atoms with E-state index in [0.717, 1.165) is 22.6 Å². The fourth-order valence-electron chi connectivity index (χ4n) is 3.00. The number of nitrogens with zero attached hydrogens (tertiary/aromatic N) is 1. The van der Waals surface area contributed by atoms with Crippen LogP contribution in [0.4, 0.5) is 0 Å². The lowest BCUT2D eigenvalue weighted by molar-refractivity contribution is 0.0921. The summed E-state index contributed by atoms with van der Waals surface area (Å²) in [4.78, 5) is 18.2. The van der Waals surface area contributed by atoms with Gasteiger partial charge < -0.3 is 10.1 Å². The summed E-state index contributed by atoms with van der Waals surface area (Å²) < 4.78 is 5.67. The molecule has 1 aromatic heterocycles. The van der Waals surface area contributed by atoms with E-state index in [0.29, 0.717) is 22.2 Å². The van der Waals surface area contributed by atoms with Crippen molar-refractivity contribution in [2.45, 2.75) is 22.4 Å². The third-order valence-corrected chi connectivity index (χ3v) is 5.86. The second kappa shape index (κ2) is 8.03. The van der Waals surface area contributed by atoms with E-state index in [1.807, 2.05) is 48.5 Å². The topological polar surface area (TPSA) is 51.2 Å². The van der Waals surface area contributed by atoms with Crippen molar-refractivity contribution < 1.29 is 9.53 Å². The minimum absolute atomic E-state index is 0.0826. The van der Waals surface area contributed by atoms with E-state index >= 15 is 0 Å². The number of halogens is 1. The van der Waals surface area contributed by atoms with Crippen LogP contribution in [-0.2, 0) is 0 Å². The minimum atomic E-state index is -0.153. The van der Waals surface area contributed by atoms with Gasteiger partial charge in [-0.15, -0.1) is 0 Å². The number of nitrogens with one attached hydrogen (secondary N) is 1. The van der Waals surface area contributed by atoms with Crippen molar-refractivity contribution in [3.8, 4) is 5.75 Å². The first-order chi connectivity index (χ1) is 13.2. The number of para-hydroxylation sites is 1. The van der Waals surface area contributed by atoms with Crippen LogP contribution < -0.4 is 10.1 Å². The zero-order chi connectivity index (χ0) is 18.6. The van der Waals surface area contributed by atoms with Crippen LogP contribution in [0.15, 0.2) is 76.8 Å². The number of carbonyl (C=O) groups excluding carboxylic acids is 1. The molecule has 0 saturated heterocycles.